The molecule has 1 aromatic rings. The van der Waals surface area contributed by atoms with Crippen molar-refractivity contribution >= 4 is 41.5 Å². The van der Waals surface area contributed by atoms with Crippen molar-refractivity contribution in [3.05, 3.63) is 34.6 Å². The van der Waals surface area contributed by atoms with Gasteiger partial charge in [-0.1, -0.05) is 17.7 Å². The molecule has 2 N–H and O–H groups in total. The molecule has 0 radical (unpaired) electrons. The number of benzene rings is 1. The van der Waals surface area contributed by atoms with E-state index in [9.17, 15) is 4.39 Å². The molecule has 0 aliphatic heterocycles. The fraction of sp³-hybridized carbons (Fsp3) is 0.533. The fourth-order valence-electron chi connectivity index (χ4n) is 1.68. The van der Waals surface area contributed by atoms with Crippen molar-refractivity contribution < 1.29 is 13.9 Å². The molecule has 23 heavy (non-hydrogen) atoms. The molecule has 5 nitrogen and oxygen atoms in total. The number of nitrogens with zero attached hydrogens (tertiary/aromatic N) is 1. The lowest BCUT2D eigenvalue weighted by Gasteiger charge is -2.12. The molecule has 0 amide bonds. The van der Waals surface area contributed by atoms with E-state index in [-0.39, 0.29) is 29.0 Å². The maximum absolute atomic E-state index is 13.1. The molecule has 0 aliphatic carbocycles. The Morgan fingerprint density at radius 1 is 1.26 bits per heavy atom. The third-order valence-corrected chi connectivity index (χ3v) is 3.15. The van der Waals surface area contributed by atoms with Crippen LogP contribution in [-0.2, 0) is 16.0 Å². The monoisotopic (exact) mass is 459 g/mol. The second-order valence-corrected chi connectivity index (χ2v) is 4.97. The van der Waals surface area contributed by atoms with Crippen LogP contribution in [0.1, 0.15) is 12.0 Å². The minimum atomic E-state index is -0.415. The Morgan fingerprint density at radius 3 is 2.70 bits per heavy atom. The summed E-state index contributed by atoms with van der Waals surface area (Å²) in [6.07, 6.45) is 0.868. The van der Waals surface area contributed by atoms with Gasteiger partial charge in [0.1, 0.15) is 5.82 Å². The summed E-state index contributed by atoms with van der Waals surface area (Å²) in [7, 11) is 3.34. The number of hydrogen-bond acceptors (Lipinski definition) is 3. The van der Waals surface area contributed by atoms with Gasteiger partial charge in [-0.3, -0.25) is 4.99 Å². The number of ether oxygens (including phenoxy) is 2. The molecule has 0 spiro atoms. The number of hydrogen-bond donors (Lipinski definition) is 2. The van der Waals surface area contributed by atoms with Gasteiger partial charge in [-0.05, 0) is 24.1 Å². The summed E-state index contributed by atoms with van der Waals surface area (Å²) in [6, 6.07) is 4.64. The SMILES string of the molecule is CN=C(NCCCOCCOC)NCc1ccc(F)c(Cl)c1.I. The Bertz CT molecular complexity index is 478. The summed E-state index contributed by atoms with van der Waals surface area (Å²) in [6.45, 7) is 3.15. The van der Waals surface area contributed by atoms with Crippen LogP contribution in [0.25, 0.3) is 0 Å². The first-order chi connectivity index (χ1) is 10.7. The van der Waals surface area contributed by atoms with Crippen molar-refractivity contribution in [1.29, 1.82) is 0 Å². The summed E-state index contributed by atoms with van der Waals surface area (Å²) in [5.74, 6) is 0.263. The number of guanidine groups is 1. The van der Waals surface area contributed by atoms with Crippen LogP contribution in [-0.4, -0.2) is 46.5 Å². The van der Waals surface area contributed by atoms with E-state index >= 15 is 0 Å². The Morgan fingerprint density at radius 2 is 2.04 bits per heavy atom. The molecule has 132 valence electrons. The lowest BCUT2D eigenvalue weighted by molar-refractivity contribution is 0.0698. The van der Waals surface area contributed by atoms with Crippen molar-refractivity contribution in [2.45, 2.75) is 13.0 Å². The molecular formula is C15H24ClFIN3O2. The summed E-state index contributed by atoms with van der Waals surface area (Å²) in [4.78, 5) is 4.12. The van der Waals surface area contributed by atoms with Crippen LogP contribution in [0.2, 0.25) is 5.02 Å². The van der Waals surface area contributed by atoms with Gasteiger partial charge in [0.25, 0.3) is 0 Å². The van der Waals surface area contributed by atoms with E-state index in [4.69, 9.17) is 21.1 Å². The minimum Gasteiger partial charge on any atom is -0.382 e. The summed E-state index contributed by atoms with van der Waals surface area (Å²) in [5, 5.41) is 6.44. The van der Waals surface area contributed by atoms with Gasteiger partial charge in [0.05, 0.1) is 18.2 Å². The Balaban J connectivity index is 0.00000484. The van der Waals surface area contributed by atoms with Gasteiger partial charge in [-0.2, -0.15) is 0 Å². The molecule has 8 heteroatoms. The highest BCUT2D eigenvalue weighted by Gasteiger charge is 2.02. The van der Waals surface area contributed by atoms with E-state index in [2.05, 4.69) is 15.6 Å². The second-order valence-electron chi connectivity index (χ2n) is 4.56. The molecule has 0 fully saturated rings. The molecule has 0 unspecified atom stereocenters. The first-order valence-corrected chi connectivity index (χ1v) is 7.50. The van der Waals surface area contributed by atoms with E-state index in [1.165, 1.54) is 6.07 Å². The lowest BCUT2D eigenvalue weighted by atomic mass is 10.2. The van der Waals surface area contributed by atoms with Gasteiger partial charge in [0, 0.05) is 33.9 Å². The Kier molecular flexibility index (Phi) is 13.4. The number of aliphatic imine (C=N–C) groups is 1. The highest BCUT2D eigenvalue weighted by Crippen LogP contribution is 2.15. The Labute approximate surface area is 159 Å². The van der Waals surface area contributed by atoms with E-state index < -0.39 is 5.82 Å². The molecule has 1 rings (SSSR count). The molecular weight excluding hydrogens is 436 g/mol. The highest BCUT2D eigenvalue weighted by molar-refractivity contribution is 14.0. The smallest absolute Gasteiger partial charge is 0.191 e. The minimum absolute atomic E-state index is 0. The van der Waals surface area contributed by atoms with E-state index in [0.29, 0.717) is 32.3 Å². The third kappa shape index (κ3) is 9.95. The topological polar surface area (TPSA) is 54.9 Å². The van der Waals surface area contributed by atoms with Gasteiger partial charge in [0.15, 0.2) is 5.96 Å². The molecule has 0 aromatic heterocycles. The number of nitrogens with one attached hydrogen (secondary N) is 2. The second kappa shape index (κ2) is 13.8. The van der Waals surface area contributed by atoms with Gasteiger partial charge < -0.3 is 20.1 Å². The first kappa shape index (κ1) is 22.4. The van der Waals surface area contributed by atoms with Crippen LogP contribution in [0.4, 0.5) is 4.39 Å². The Hall–Kier alpha value is -0.640. The van der Waals surface area contributed by atoms with Crippen LogP contribution in [0, 0.1) is 5.82 Å². The van der Waals surface area contributed by atoms with Gasteiger partial charge in [0.2, 0.25) is 0 Å². The number of halogens is 3. The zero-order valence-corrected chi connectivity index (χ0v) is 16.5. The van der Waals surface area contributed by atoms with Crippen molar-refractivity contribution in [2.24, 2.45) is 4.99 Å². The van der Waals surface area contributed by atoms with Gasteiger partial charge in [-0.25, -0.2) is 4.39 Å². The van der Waals surface area contributed by atoms with Crippen molar-refractivity contribution in [2.75, 3.05) is 40.5 Å². The standard InChI is InChI=1S/C15H23ClFN3O2.HI/c1-18-15(19-6-3-7-22-9-8-21-2)20-11-12-4-5-14(17)13(16)10-12;/h4-5,10H,3,6-9,11H2,1-2H3,(H2,18,19,20);1H. The highest BCUT2D eigenvalue weighted by atomic mass is 127. The average Bonchev–Trinajstić information content (AvgIpc) is 2.52. The van der Waals surface area contributed by atoms with Gasteiger partial charge in [-0.15, -0.1) is 24.0 Å². The summed E-state index contributed by atoms with van der Waals surface area (Å²) >= 11 is 5.75. The van der Waals surface area contributed by atoms with Gasteiger partial charge >= 0.3 is 0 Å². The third-order valence-electron chi connectivity index (χ3n) is 2.86. The number of rotatable bonds is 9. The van der Waals surface area contributed by atoms with Crippen molar-refractivity contribution in [1.82, 2.24) is 10.6 Å². The fourth-order valence-corrected chi connectivity index (χ4v) is 1.88. The average molecular weight is 460 g/mol. The number of methoxy groups -OCH3 is 1. The maximum Gasteiger partial charge on any atom is 0.191 e. The molecule has 0 bridgehead atoms. The molecule has 0 saturated heterocycles. The molecule has 1 aromatic carbocycles. The molecule has 0 saturated carbocycles. The van der Waals surface area contributed by atoms with Crippen LogP contribution in [0.15, 0.2) is 23.2 Å². The first-order valence-electron chi connectivity index (χ1n) is 7.12. The zero-order valence-electron chi connectivity index (χ0n) is 13.4. The summed E-state index contributed by atoms with van der Waals surface area (Å²) < 4.78 is 23.3. The molecule has 0 heterocycles. The summed E-state index contributed by atoms with van der Waals surface area (Å²) in [5.41, 5.74) is 0.886. The normalized spacial score (nSPS) is 11.0. The molecule has 0 atom stereocenters. The van der Waals surface area contributed by atoms with Crippen molar-refractivity contribution in [3.8, 4) is 0 Å². The van der Waals surface area contributed by atoms with E-state index in [0.717, 1.165) is 18.5 Å². The van der Waals surface area contributed by atoms with E-state index in [1.807, 2.05) is 0 Å². The van der Waals surface area contributed by atoms with Crippen LogP contribution in [0.3, 0.4) is 0 Å². The zero-order chi connectivity index (χ0) is 16.2. The molecule has 0 aliphatic rings. The lowest BCUT2D eigenvalue weighted by Crippen LogP contribution is -2.37. The quantitative estimate of drug-likeness (QED) is 0.258. The largest absolute Gasteiger partial charge is 0.382 e. The maximum atomic E-state index is 13.1. The van der Waals surface area contributed by atoms with Crippen molar-refractivity contribution in [3.63, 3.8) is 0 Å². The van der Waals surface area contributed by atoms with Crippen LogP contribution >= 0.6 is 35.6 Å². The predicted octanol–water partition coefficient (Wildman–Crippen LogP) is 2.82. The van der Waals surface area contributed by atoms with Crippen LogP contribution in [0.5, 0.6) is 0 Å². The van der Waals surface area contributed by atoms with Crippen LogP contribution < -0.4 is 10.6 Å². The van der Waals surface area contributed by atoms with E-state index in [1.54, 1.807) is 26.3 Å². The predicted molar refractivity (Wildman–Crippen MR) is 102 cm³/mol.